The predicted octanol–water partition coefficient (Wildman–Crippen LogP) is 0.870. The number of rotatable bonds is 2. The van der Waals surface area contributed by atoms with Gasteiger partial charge in [0.2, 0.25) is 0 Å². The first kappa shape index (κ1) is 8.64. The van der Waals surface area contributed by atoms with Crippen LogP contribution in [-0.4, -0.2) is 21.8 Å². The standard InChI is InChI=1S/C7H8BrNO2/c8-6-1-5(2-9-3-6)7(11)4-10/h1-3,7,10-11H,4H2. The molecule has 0 spiro atoms. The number of hydrogen-bond acceptors (Lipinski definition) is 3. The van der Waals surface area contributed by atoms with Crippen molar-refractivity contribution in [3.05, 3.63) is 28.5 Å². The molecule has 0 fully saturated rings. The van der Waals surface area contributed by atoms with Crippen molar-refractivity contribution in [3.63, 3.8) is 0 Å². The van der Waals surface area contributed by atoms with E-state index in [2.05, 4.69) is 20.9 Å². The lowest BCUT2D eigenvalue weighted by Crippen LogP contribution is -2.02. The van der Waals surface area contributed by atoms with Gasteiger partial charge in [-0.05, 0) is 22.0 Å². The summed E-state index contributed by atoms with van der Waals surface area (Å²) in [6.45, 7) is -0.280. The lowest BCUT2D eigenvalue weighted by atomic mass is 10.2. The number of pyridine rings is 1. The first-order chi connectivity index (χ1) is 5.24. The van der Waals surface area contributed by atoms with E-state index >= 15 is 0 Å². The molecule has 60 valence electrons. The molecule has 0 amide bonds. The Labute approximate surface area is 72.8 Å². The number of aromatic nitrogens is 1. The van der Waals surface area contributed by atoms with Gasteiger partial charge < -0.3 is 10.2 Å². The number of aliphatic hydroxyl groups excluding tert-OH is 2. The Kier molecular flexibility index (Phi) is 2.99. The summed E-state index contributed by atoms with van der Waals surface area (Å²) in [6, 6.07) is 1.72. The molecule has 1 heterocycles. The van der Waals surface area contributed by atoms with Crippen LogP contribution >= 0.6 is 15.9 Å². The van der Waals surface area contributed by atoms with Gasteiger partial charge in [0.1, 0.15) is 6.10 Å². The van der Waals surface area contributed by atoms with Crippen molar-refractivity contribution in [3.8, 4) is 0 Å². The van der Waals surface area contributed by atoms with Crippen LogP contribution in [-0.2, 0) is 0 Å². The molecular formula is C7H8BrNO2. The van der Waals surface area contributed by atoms with Crippen molar-refractivity contribution in [1.82, 2.24) is 4.98 Å². The maximum absolute atomic E-state index is 9.14. The molecule has 3 nitrogen and oxygen atoms in total. The number of hydrogen-bond donors (Lipinski definition) is 2. The molecule has 0 aliphatic heterocycles. The summed E-state index contributed by atoms with van der Waals surface area (Å²) in [5.74, 6) is 0. The van der Waals surface area contributed by atoms with E-state index in [9.17, 15) is 0 Å². The van der Waals surface area contributed by atoms with E-state index < -0.39 is 6.10 Å². The van der Waals surface area contributed by atoms with Crippen LogP contribution in [0, 0.1) is 0 Å². The molecule has 0 aromatic carbocycles. The van der Waals surface area contributed by atoms with E-state index in [0.29, 0.717) is 5.56 Å². The molecule has 0 bridgehead atoms. The van der Waals surface area contributed by atoms with E-state index in [1.165, 1.54) is 6.20 Å². The normalized spacial score (nSPS) is 13.0. The van der Waals surface area contributed by atoms with Gasteiger partial charge in [-0.25, -0.2) is 0 Å². The minimum Gasteiger partial charge on any atom is -0.393 e. The molecule has 1 aromatic heterocycles. The molecule has 2 N–H and O–H groups in total. The largest absolute Gasteiger partial charge is 0.393 e. The second-order valence-corrected chi connectivity index (χ2v) is 3.05. The van der Waals surface area contributed by atoms with Crippen LogP contribution in [0.15, 0.2) is 22.9 Å². The SMILES string of the molecule is OCC(O)c1cncc(Br)c1. The van der Waals surface area contributed by atoms with Crippen molar-refractivity contribution >= 4 is 15.9 Å². The first-order valence-electron chi connectivity index (χ1n) is 3.13. The average molecular weight is 218 g/mol. The zero-order valence-electron chi connectivity index (χ0n) is 5.74. The van der Waals surface area contributed by atoms with Crippen LogP contribution in [0.1, 0.15) is 11.7 Å². The van der Waals surface area contributed by atoms with Gasteiger partial charge in [-0.15, -0.1) is 0 Å². The molecule has 1 rings (SSSR count). The fourth-order valence-corrected chi connectivity index (χ4v) is 1.10. The third-order valence-electron chi connectivity index (χ3n) is 1.28. The molecule has 1 unspecified atom stereocenters. The fraction of sp³-hybridized carbons (Fsp3) is 0.286. The van der Waals surface area contributed by atoms with Gasteiger partial charge in [0.05, 0.1) is 6.61 Å². The molecule has 0 radical (unpaired) electrons. The first-order valence-corrected chi connectivity index (χ1v) is 3.92. The summed E-state index contributed by atoms with van der Waals surface area (Å²) in [4.78, 5) is 3.84. The lowest BCUT2D eigenvalue weighted by molar-refractivity contribution is 0.0953. The average Bonchev–Trinajstić information content (AvgIpc) is 2.03. The molecule has 0 saturated heterocycles. The second-order valence-electron chi connectivity index (χ2n) is 2.13. The highest BCUT2D eigenvalue weighted by molar-refractivity contribution is 9.10. The quantitative estimate of drug-likeness (QED) is 0.774. The Morgan fingerprint density at radius 1 is 1.55 bits per heavy atom. The van der Waals surface area contributed by atoms with Crippen LogP contribution in [0.4, 0.5) is 0 Å². The zero-order chi connectivity index (χ0) is 8.27. The summed E-state index contributed by atoms with van der Waals surface area (Å²) in [5.41, 5.74) is 0.613. The topological polar surface area (TPSA) is 53.4 Å². The van der Waals surface area contributed by atoms with Gasteiger partial charge in [-0.3, -0.25) is 4.98 Å². The third-order valence-corrected chi connectivity index (χ3v) is 1.72. The zero-order valence-corrected chi connectivity index (χ0v) is 7.32. The maximum atomic E-state index is 9.14. The molecule has 1 atom stereocenters. The van der Waals surface area contributed by atoms with Crippen LogP contribution in [0.2, 0.25) is 0 Å². The number of nitrogens with zero attached hydrogens (tertiary/aromatic N) is 1. The Bertz CT molecular complexity index is 242. The highest BCUT2D eigenvalue weighted by Gasteiger charge is 2.05. The van der Waals surface area contributed by atoms with Gasteiger partial charge >= 0.3 is 0 Å². The van der Waals surface area contributed by atoms with Crippen LogP contribution in [0.25, 0.3) is 0 Å². The molecular weight excluding hydrogens is 210 g/mol. The van der Waals surface area contributed by atoms with Crippen molar-refractivity contribution in [1.29, 1.82) is 0 Å². The molecule has 0 saturated carbocycles. The van der Waals surface area contributed by atoms with Crippen molar-refractivity contribution in [2.45, 2.75) is 6.10 Å². The Hall–Kier alpha value is -0.450. The molecule has 11 heavy (non-hydrogen) atoms. The number of aliphatic hydroxyl groups is 2. The fourth-order valence-electron chi connectivity index (χ4n) is 0.716. The molecule has 0 aliphatic carbocycles. The van der Waals surface area contributed by atoms with Crippen LogP contribution in [0.3, 0.4) is 0 Å². The molecule has 0 aliphatic rings. The highest BCUT2D eigenvalue weighted by atomic mass is 79.9. The number of halogens is 1. The minimum atomic E-state index is -0.833. The summed E-state index contributed by atoms with van der Waals surface area (Å²) in [5, 5.41) is 17.7. The molecule has 4 heteroatoms. The maximum Gasteiger partial charge on any atom is 0.104 e. The summed E-state index contributed by atoms with van der Waals surface area (Å²) in [6.07, 6.45) is 2.30. The summed E-state index contributed by atoms with van der Waals surface area (Å²) >= 11 is 3.20. The Morgan fingerprint density at radius 2 is 2.27 bits per heavy atom. The van der Waals surface area contributed by atoms with Crippen molar-refractivity contribution < 1.29 is 10.2 Å². The van der Waals surface area contributed by atoms with Gasteiger partial charge in [0, 0.05) is 22.4 Å². The van der Waals surface area contributed by atoms with Gasteiger partial charge in [0.25, 0.3) is 0 Å². The van der Waals surface area contributed by atoms with Crippen molar-refractivity contribution in [2.75, 3.05) is 6.61 Å². The Balaban J connectivity index is 2.86. The predicted molar refractivity (Wildman–Crippen MR) is 44.0 cm³/mol. The van der Waals surface area contributed by atoms with Gasteiger partial charge in [0.15, 0.2) is 0 Å². The minimum absolute atomic E-state index is 0.280. The van der Waals surface area contributed by atoms with E-state index in [4.69, 9.17) is 10.2 Å². The van der Waals surface area contributed by atoms with Gasteiger partial charge in [-0.1, -0.05) is 0 Å². The molecule has 1 aromatic rings. The summed E-state index contributed by atoms with van der Waals surface area (Å²) in [7, 11) is 0. The van der Waals surface area contributed by atoms with Gasteiger partial charge in [-0.2, -0.15) is 0 Å². The monoisotopic (exact) mass is 217 g/mol. The Morgan fingerprint density at radius 3 is 2.82 bits per heavy atom. The van der Waals surface area contributed by atoms with E-state index in [1.807, 2.05) is 0 Å². The van der Waals surface area contributed by atoms with Crippen LogP contribution in [0.5, 0.6) is 0 Å². The van der Waals surface area contributed by atoms with Crippen molar-refractivity contribution in [2.24, 2.45) is 0 Å². The van der Waals surface area contributed by atoms with E-state index in [0.717, 1.165) is 4.47 Å². The van der Waals surface area contributed by atoms with Crippen LogP contribution < -0.4 is 0 Å². The smallest absolute Gasteiger partial charge is 0.104 e. The van der Waals surface area contributed by atoms with E-state index in [-0.39, 0.29) is 6.61 Å². The summed E-state index contributed by atoms with van der Waals surface area (Å²) < 4.78 is 0.794. The van der Waals surface area contributed by atoms with E-state index in [1.54, 1.807) is 12.3 Å². The second kappa shape index (κ2) is 3.80. The highest BCUT2D eigenvalue weighted by Crippen LogP contribution is 2.15. The lowest BCUT2D eigenvalue weighted by Gasteiger charge is -2.05. The third kappa shape index (κ3) is 2.25.